The molecule has 1 N–H and O–H groups in total. The first-order chi connectivity index (χ1) is 17.4. The fourth-order valence-electron chi connectivity index (χ4n) is 4.44. The summed E-state index contributed by atoms with van der Waals surface area (Å²) in [5.41, 5.74) is 2.07. The summed E-state index contributed by atoms with van der Waals surface area (Å²) < 4.78 is 42.8. The molecular weight excluding hydrogens is 466 g/mol. The van der Waals surface area contributed by atoms with E-state index in [-0.39, 0.29) is 29.3 Å². The van der Waals surface area contributed by atoms with Crippen LogP contribution >= 0.6 is 0 Å². The molecule has 10 heteroatoms. The molecule has 0 aliphatic carbocycles. The number of nitrogens with one attached hydrogen (secondary N) is 1. The minimum atomic E-state index is -0.653. The molecule has 0 spiro atoms. The summed E-state index contributed by atoms with van der Waals surface area (Å²) in [5.74, 6) is 0.156. The number of pyridine rings is 1. The minimum absolute atomic E-state index is 0.0102. The van der Waals surface area contributed by atoms with Gasteiger partial charge in [-0.1, -0.05) is 6.07 Å². The Kier molecular flexibility index (Phi) is 6.88. The lowest BCUT2D eigenvalue weighted by atomic mass is 10.1. The number of nitrogens with zero attached hydrogens (tertiary/aromatic N) is 5. The SMILES string of the molecule is Cc1nc2c(F)cc(-c3nc(Nc4ccc(COC5CCOCC5)cn4)ncc3F)cc2n1C(C)C. The van der Waals surface area contributed by atoms with Crippen molar-refractivity contribution in [3.05, 3.63) is 59.7 Å². The van der Waals surface area contributed by atoms with Crippen LogP contribution in [0, 0.1) is 18.6 Å². The monoisotopic (exact) mass is 494 g/mol. The Morgan fingerprint density at radius 1 is 1.08 bits per heavy atom. The molecule has 0 bridgehead atoms. The van der Waals surface area contributed by atoms with Crippen LogP contribution in [-0.4, -0.2) is 43.8 Å². The molecule has 4 aromatic rings. The van der Waals surface area contributed by atoms with Gasteiger partial charge in [0.15, 0.2) is 11.6 Å². The van der Waals surface area contributed by atoms with Crippen molar-refractivity contribution >= 4 is 22.8 Å². The maximum absolute atomic E-state index is 14.9. The molecule has 36 heavy (non-hydrogen) atoms. The third kappa shape index (κ3) is 5.05. The zero-order valence-electron chi connectivity index (χ0n) is 20.5. The van der Waals surface area contributed by atoms with Gasteiger partial charge in [0, 0.05) is 31.0 Å². The highest BCUT2D eigenvalue weighted by atomic mass is 19.1. The molecule has 0 unspecified atom stereocenters. The van der Waals surface area contributed by atoms with Gasteiger partial charge in [-0.25, -0.2) is 28.7 Å². The average Bonchev–Trinajstić information content (AvgIpc) is 3.22. The molecule has 1 aliphatic heterocycles. The molecule has 4 heterocycles. The third-order valence-corrected chi connectivity index (χ3v) is 6.18. The van der Waals surface area contributed by atoms with Crippen LogP contribution in [0.15, 0.2) is 36.7 Å². The Bertz CT molecular complexity index is 1370. The van der Waals surface area contributed by atoms with Gasteiger partial charge >= 0.3 is 0 Å². The van der Waals surface area contributed by atoms with Crippen LogP contribution in [0.1, 0.15) is 44.1 Å². The number of aromatic nitrogens is 5. The smallest absolute Gasteiger partial charge is 0.229 e. The highest BCUT2D eigenvalue weighted by Gasteiger charge is 2.19. The van der Waals surface area contributed by atoms with Crippen molar-refractivity contribution in [2.24, 2.45) is 0 Å². The van der Waals surface area contributed by atoms with Gasteiger partial charge in [0.1, 0.15) is 22.9 Å². The lowest BCUT2D eigenvalue weighted by Gasteiger charge is -2.22. The number of rotatable bonds is 7. The van der Waals surface area contributed by atoms with Gasteiger partial charge in [-0.2, -0.15) is 0 Å². The van der Waals surface area contributed by atoms with E-state index in [1.165, 1.54) is 6.07 Å². The second kappa shape index (κ2) is 10.2. The minimum Gasteiger partial charge on any atom is -0.381 e. The number of halogens is 2. The first-order valence-electron chi connectivity index (χ1n) is 12.0. The third-order valence-electron chi connectivity index (χ3n) is 6.18. The lowest BCUT2D eigenvalue weighted by Crippen LogP contribution is -2.23. The fourth-order valence-corrected chi connectivity index (χ4v) is 4.44. The zero-order chi connectivity index (χ0) is 25.2. The molecule has 188 valence electrons. The van der Waals surface area contributed by atoms with Crippen LogP contribution in [-0.2, 0) is 16.1 Å². The molecule has 1 saturated heterocycles. The van der Waals surface area contributed by atoms with Crippen molar-refractivity contribution in [2.45, 2.75) is 52.4 Å². The molecule has 0 radical (unpaired) electrons. The highest BCUT2D eigenvalue weighted by molar-refractivity contribution is 5.83. The molecule has 1 aromatic carbocycles. The molecule has 1 fully saturated rings. The summed E-state index contributed by atoms with van der Waals surface area (Å²) in [6.07, 6.45) is 4.77. The van der Waals surface area contributed by atoms with E-state index in [0.717, 1.165) is 37.8 Å². The van der Waals surface area contributed by atoms with Gasteiger partial charge in [-0.05, 0) is 57.4 Å². The van der Waals surface area contributed by atoms with E-state index >= 15 is 0 Å². The van der Waals surface area contributed by atoms with Crippen molar-refractivity contribution in [3.63, 3.8) is 0 Å². The molecular formula is C26H28F2N6O2. The molecule has 1 aliphatic rings. The van der Waals surface area contributed by atoms with Crippen LogP contribution in [0.2, 0.25) is 0 Å². The maximum atomic E-state index is 14.9. The van der Waals surface area contributed by atoms with Gasteiger partial charge in [-0.15, -0.1) is 0 Å². The second-order valence-electron chi connectivity index (χ2n) is 9.14. The lowest BCUT2D eigenvalue weighted by molar-refractivity contribution is -0.0391. The summed E-state index contributed by atoms with van der Waals surface area (Å²) in [4.78, 5) is 17.1. The number of ether oxygens (including phenoxy) is 2. The normalized spacial score (nSPS) is 14.6. The van der Waals surface area contributed by atoms with E-state index in [9.17, 15) is 8.78 Å². The fraction of sp³-hybridized carbons (Fsp3) is 0.385. The first kappa shape index (κ1) is 24.2. The Morgan fingerprint density at radius 2 is 1.89 bits per heavy atom. The molecule has 0 atom stereocenters. The van der Waals surface area contributed by atoms with Gasteiger partial charge in [0.05, 0.1) is 24.4 Å². The number of imidazole rings is 1. The Balaban J connectivity index is 1.35. The summed E-state index contributed by atoms with van der Waals surface area (Å²) in [6.45, 7) is 7.72. The van der Waals surface area contributed by atoms with E-state index in [2.05, 4.69) is 25.3 Å². The summed E-state index contributed by atoms with van der Waals surface area (Å²) in [6, 6.07) is 6.70. The standard InChI is InChI=1S/C26H28F2N6O2/c1-15(2)34-16(3)31-25-20(27)10-18(11-22(25)34)24-21(28)13-30-26(33-24)32-23-5-4-17(12-29-23)14-36-19-6-8-35-9-7-19/h4-5,10-13,15,19H,6-9,14H2,1-3H3,(H,29,30,32,33). The van der Waals surface area contributed by atoms with E-state index in [4.69, 9.17) is 9.47 Å². The van der Waals surface area contributed by atoms with Crippen molar-refractivity contribution in [1.82, 2.24) is 24.5 Å². The highest BCUT2D eigenvalue weighted by Crippen LogP contribution is 2.30. The zero-order valence-corrected chi connectivity index (χ0v) is 20.5. The molecule has 3 aromatic heterocycles. The first-order valence-corrected chi connectivity index (χ1v) is 12.0. The topological polar surface area (TPSA) is 87.0 Å². The van der Waals surface area contributed by atoms with Crippen molar-refractivity contribution < 1.29 is 18.3 Å². The van der Waals surface area contributed by atoms with Gasteiger partial charge in [-0.3, -0.25) is 0 Å². The number of hydrogen-bond acceptors (Lipinski definition) is 7. The maximum Gasteiger partial charge on any atom is 0.229 e. The van der Waals surface area contributed by atoms with Crippen LogP contribution in [0.4, 0.5) is 20.5 Å². The Labute approximate surface area is 207 Å². The number of aryl methyl sites for hydroxylation is 1. The van der Waals surface area contributed by atoms with Crippen LogP contribution in [0.5, 0.6) is 0 Å². The number of hydrogen-bond donors (Lipinski definition) is 1. The quantitative estimate of drug-likeness (QED) is 0.363. The molecule has 0 saturated carbocycles. The van der Waals surface area contributed by atoms with Crippen LogP contribution in [0.25, 0.3) is 22.3 Å². The van der Waals surface area contributed by atoms with Gasteiger partial charge < -0.3 is 19.4 Å². The van der Waals surface area contributed by atoms with Gasteiger partial charge in [0.25, 0.3) is 0 Å². The molecule has 5 rings (SSSR count). The molecule has 0 amide bonds. The van der Waals surface area contributed by atoms with Crippen LogP contribution < -0.4 is 5.32 Å². The largest absolute Gasteiger partial charge is 0.381 e. The summed E-state index contributed by atoms with van der Waals surface area (Å²) in [7, 11) is 0. The number of fused-ring (bicyclic) bond motifs is 1. The summed E-state index contributed by atoms with van der Waals surface area (Å²) in [5, 5.41) is 2.99. The van der Waals surface area contributed by atoms with E-state index in [1.807, 2.05) is 31.4 Å². The Morgan fingerprint density at radius 3 is 2.61 bits per heavy atom. The molecule has 8 nitrogen and oxygen atoms in total. The van der Waals surface area contributed by atoms with E-state index in [0.29, 0.717) is 29.3 Å². The second-order valence-corrected chi connectivity index (χ2v) is 9.14. The van der Waals surface area contributed by atoms with Crippen molar-refractivity contribution in [2.75, 3.05) is 18.5 Å². The average molecular weight is 495 g/mol. The van der Waals surface area contributed by atoms with Crippen molar-refractivity contribution in [1.29, 1.82) is 0 Å². The Hall–Kier alpha value is -3.50. The predicted octanol–water partition coefficient (Wildman–Crippen LogP) is 5.50. The van der Waals surface area contributed by atoms with E-state index in [1.54, 1.807) is 18.3 Å². The predicted molar refractivity (Wildman–Crippen MR) is 132 cm³/mol. The van der Waals surface area contributed by atoms with E-state index < -0.39 is 11.6 Å². The van der Waals surface area contributed by atoms with Crippen LogP contribution in [0.3, 0.4) is 0 Å². The number of anilines is 2. The van der Waals surface area contributed by atoms with Crippen molar-refractivity contribution in [3.8, 4) is 11.3 Å². The number of benzene rings is 1. The van der Waals surface area contributed by atoms with Gasteiger partial charge in [0.2, 0.25) is 5.95 Å². The summed E-state index contributed by atoms with van der Waals surface area (Å²) >= 11 is 0.